The van der Waals surface area contributed by atoms with Crippen molar-refractivity contribution in [3.63, 3.8) is 0 Å². The third-order valence-electron chi connectivity index (χ3n) is 2.87. The molecule has 1 aliphatic rings. The lowest BCUT2D eigenvalue weighted by Crippen LogP contribution is -2.39. The lowest BCUT2D eigenvalue weighted by atomic mass is 9.94. The van der Waals surface area contributed by atoms with Crippen LogP contribution >= 0.6 is 0 Å². The van der Waals surface area contributed by atoms with Crippen LogP contribution in [0.15, 0.2) is 0 Å². The molecule has 0 radical (unpaired) electrons. The van der Waals surface area contributed by atoms with E-state index in [0.717, 1.165) is 0 Å². The number of aliphatic hydroxyl groups excluding tert-OH is 1. The van der Waals surface area contributed by atoms with Gasteiger partial charge in [-0.15, -0.1) is 0 Å². The van der Waals surface area contributed by atoms with Crippen molar-refractivity contribution in [2.24, 2.45) is 0 Å². The molecule has 0 spiro atoms. The van der Waals surface area contributed by atoms with Crippen molar-refractivity contribution in [3.05, 3.63) is 0 Å². The van der Waals surface area contributed by atoms with Gasteiger partial charge in [-0.3, -0.25) is 0 Å². The van der Waals surface area contributed by atoms with E-state index in [4.69, 9.17) is 5.11 Å². The van der Waals surface area contributed by atoms with E-state index < -0.39 is 12.8 Å². The second-order valence-electron chi connectivity index (χ2n) is 4.04. The summed E-state index contributed by atoms with van der Waals surface area (Å²) in [4.78, 5) is 2.10. The second kappa shape index (κ2) is 5.55. The molecule has 1 saturated carbocycles. The van der Waals surface area contributed by atoms with E-state index in [1.54, 1.807) is 0 Å². The standard InChI is InChI=1S/C10H20FNO/c1-12(8-10(13)7-11)9-5-3-2-4-6-9/h9-10,13H,2-8H2,1H3/t10-/m1/s1. The first-order chi connectivity index (χ1) is 6.24. The predicted molar refractivity (Wildman–Crippen MR) is 51.5 cm³/mol. The minimum atomic E-state index is -0.799. The Balaban J connectivity index is 2.24. The molecular formula is C10H20FNO. The Morgan fingerprint density at radius 3 is 2.54 bits per heavy atom. The van der Waals surface area contributed by atoms with Crippen LogP contribution < -0.4 is 0 Å². The van der Waals surface area contributed by atoms with Gasteiger partial charge in [0.2, 0.25) is 0 Å². The quantitative estimate of drug-likeness (QED) is 0.726. The van der Waals surface area contributed by atoms with Crippen LogP contribution in [0, 0.1) is 0 Å². The Hall–Kier alpha value is -0.150. The van der Waals surface area contributed by atoms with Gasteiger partial charge in [0.25, 0.3) is 0 Å². The summed E-state index contributed by atoms with van der Waals surface area (Å²) in [5.41, 5.74) is 0. The fourth-order valence-electron chi connectivity index (χ4n) is 2.05. The lowest BCUT2D eigenvalue weighted by Gasteiger charge is -2.31. The summed E-state index contributed by atoms with van der Waals surface area (Å²) in [5.74, 6) is 0. The summed E-state index contributed by atoms with van der Waals surface area (Å²) >= 11 is 0. The van der Waals surface area contributed by atoms with Crippen LogP contribution in [0.1, 0.15) is 32.1 Å². The number of hydrogen-bond donors (Lipinski definition) is 1. The molecule has 0 bridgehead atoms. The molecular weight excluding hydrogens is 169 g/mol. The first-order valence-electron chi connectivity index (χ1n) is 5.18. The maximum Gasteiger partial charge on any atom is 0.117 e. The molecule has 0 aliphatic heterocycles. The van der Waals surface area contributed by atoms with Crippen LogP contribution in [-0.4, -0.2) is 42.4 Å². The number of alkyl halides is 1. The van der Waals surface area contributed by atoms with Crippen molar-refractivity contribution in [1.29, 1.82) is 0 Å². The van der Waals surface area contributed by atoms with E-state index in [0.29, 0.717) is 12.6 Å². The zero-order valence-electron chi connectivity index (χ0n) is 8.38. The van der Waals surface area contributed by atoms with E-state index in [9.17, 15) is 4.39 Å². The molecule has 0 amide bonds. The molecule has 1 fully saturated rings. The van der Waals surface area contributed by atoms with E-state index >= 15 is 0 Å². The van der Waals surface area contributed by atoms with Crippen molar-refractivity contribution < 1.29 is 9.50 Å². The molecule has 3 heteroatoms. The Bertz CT molecular complexity index is 137. The van der Waals surface area contributed by atoms with Gasteiger partial charge < -0.3 is 10.0 Å². The highest BCUT2D eigenvalue weighted by atomic mass is 19.1. The summed E-state index contributed by atoms with van der Waals surface area (Å²) in [6.07, 6.45) is 5.49. The SMILES string of the molecule is CN(C[C@H](O)CF)C1CCCCC1. The molecule has 0 saturated heterocycles. The second-order valence-corrected chi connectivity index (χ2v) is 4.04. The molecule has 1 aliphatic carbocycles. The number of halogens is 1. The van der Waals surface area contributed by atoms with Crippen molar-refractivity contribution >= 4 is 0 Å². The number of nitrogens with zero attached hydrogens (tertiary/aromatic N) is 1. The van der Waals surface area contributed by atoms with Gasteiger partial charge >= 0.3 is 0 Å². The number of rotatable bonds is 4. The molecule has 1 rings (SSSR count). The molecule has 1 N–H and O–H groups in total. The lowest BCUT2D eigenvalue weighted by molar-refractivity contribution is 0.0736. The van der Waals surface area contributed by atoms with Crippen LogP contribution in [0.5, 0.6) is 0 Å². The smallest absolute Gasteiger partial charge is 0.117 e. The first kappa shape index (κ1) is 10.9. The van der Waals surface area contributed by atoms with Crippen LogP contribution in [0.25, 0.3) is 0 Å². The first-order valence-corrected chi connectivity index (χ1v) is 5.18. The van der Waals surface area contributed by atoms with Gasteiger partial charge in [0.05, 0.1) is 6.10 Å². The van der Waals surface area contributed by atoms with E-state index in [1.165, 1.54) is 32.1 Å². The normalized spacial score (nSPS) is 22.2. The largest absolute Gasteiger partial charge is 0.389 e. The minimum Gasteiger partial charge on any atom is -0.389 e. The van der Waals surface area contributed by atoms with Gasteiger partial charge in [-0.05, 0) is 19.9 Å². The highest BCUT2D eigenvalue weighted by Crippen LogP contribution is 2.21. The average Bonchev–Trinajstić information content (AvgIpc) is 2.19. The van der Waals surface area contributed by atoms with Crippen LogP contribution in [0.4, 0.5) is 4.39 Å². The van der Waals surface area contributed by atoms with Gasteiger partial charge in [0.15, 0.2) is 0 Å². The van der Waals surface area contributed by atoms with E-state index in [1.807, 2.05) is 7.05 Å². The highest BCUT2D eigenvalue weighted by molar-refractivity contribution is 4.75. The van der Waals surface area contributed by atoms with Gasteiger partial charge in [-0.1, -0.05) is 19.3 Å². The van der Waals surface area contributed by atoms with Gasteiger partial charge in [0, 0.05) is 12.6 Å². The summed E-state index contributed by atoms with van der Waals surface area (Å²) < 4.78 is 12.0. The number of hydrogen-bond acceptors (Lipinski definition) is 2. The topological polar surface area (TPSA) is 23.5 Å². The van der Waals surface area contributed by atoms with Crippen LogP contribution in [0.3, 0.4) is 0 Å². The van der Waals surface area contributed by atoms with Gasteiger partial charge in [0.1, 0.15) is 6.67 Å². The van der Waals surface area contributed by atoms with Crippen molar-refractivity contribution in [3.8, 4) is 0 Å². The summed E-state index contributed by atoms with van der Waals surface area (Å²) in [6, 6.07) is 0.565. The van der Waals surface area contributed by atoms with Crippen LogP contribution in [-0.2, 0) is 0 Å². The molecule has 0 aromatic carbocycles. The molecule has 78 valence electrons. The monoisotopic (exact) mass is 189 g/mol. The van der Waals surface area contributed by atoms with E-state index in [-0.39, 0.29) is 0 Å². The van der Waals surface area contributed by atoms with Crippen molar-refractivity contribution in [1.82, 2.24) is 4.90 Å². The Labute approximate surface area is 79.7 Å². The molecule has 13 heavy (non-hydrogen) atoms. The zero-order valence-corrected chi connectivity index (χ0v) is 8.38. The van der Waals surface area contributed by atoms with E-state index in [2.05, 4.69) is 4.90 Å². The average molecular weight is 189 g/mol. The number of likely N-dealkylation sites (N-methyl/N-ethyl adjacent to an activating group) is 1. The molecule has 1 atom stereocenters. The molecule has 0 aromatic heterocycles. The van der Waals surface area contributed by atoms with Crippen molar-refractivity contribution in [2.75, 3.05) is 20.3 Å². The highest BCUT2D eigenvalue weighted by Gasteiger charge is 2.19. The molecule has 0 aromatic rings. The van der Waals surface area contributed by atoms with Crippen LogP contribution in [0.2, 0.25) is 0 Å². The maximum atomic E-state index is 12.0. The number of aliphatic hydroxyl groups is 1. The summed E-state index contributed by atoms with van der Waals surface area (Å²) in [5, 5.41) is 9.14. The maximum absolute atomic E-state index is 12.0. The Morgan fingerprint density at radius 2 is 2.00 bits per heavy atom. The fraction of sp³-hybridized carbons (Fsp3) is 1.00. The van der Waals surface area contributed by atoms with Gasteiger partial charge in [-0.25, -0.2) is 4.39 Å². The minimum absolute atomic E-state index is 0.473. The van der Waals surface area contributed by atoms with Crippen molar-refractivity contribution in [2.45, 2.75) is 44.2 Å². The third-order valence-corrected chi connectivity index (χ3v) is 2.87. The zero-order chi connectivity index (χ0) is 9.68. The summed E-state index contributed by atoms with van der Waals surface area (Å²) in [7, 11) is 1.98. The molecule has 0 unspecified atom stereocenters. The molecule has 0 heterocycles. The van der Waals surface area contributed by atoms with Gasteiger partial charge in [-0.2, -0.15) is 0 Å². The summed E-state index contributed by atoms with van der Waals surface area (Å²) in [6.45, 7) is -0.155. The Morgan fingerprint density at radius 1 is 1.38 bits per heavy atom. The Kier molecular flexibility index (Phi) is 4.67. The third kappa shape index (κ3) is 3.61. The predicted octanol–water partition coefficient (Wildman–Crippen LogP) is 1.58. The fourth-order valence-corrected chi connectivity index (χ4v) is 2.05. The molecule has 2 nitrogen and oxygen atoms in total.